The van der Waals surface area contributed by atoms with Gasteiger partial charge in [0.2, 0.25) is 5.91 Å². The second-order valence-corrected chi connectivity index (χ2v) is 6.58. The Balaban J connectivity index is 2.13. The van der Waals surface area contributed by atoms with Crippen molar-refractivity contribution in [3.8, 4) is 0 Å². The summed E-state index contributed by atoms with van der Waals surface area (Å²) in [4.78, 5) is 14.9. The van der Waals surface area contributed by atoms with E-state index in [4.69, 9.17) is 18.0 Å². The Morgan fingerprint density at radius 2 is 1.81 bits per heavy atom. The molecule has 0 heterocycles. The Kier molecular flexibility index (Phi) is 5.34. The summed E-state index contributed by atoms with van der Waals surface area (Å²) < 4.78 is 0. The van der Waals surface area contributed by atoms with Crippen molar-refractivity contribution < 1.29 is 4.79 Å². The number of nitrogens with zero attached hydrogens (tertiary/aromatic N) is 1. The summed E-state index contributed by atoms with van der Waals surface area (Å²) in [6, 6.07) is 9.90. The third kappa shape index (κ3) is 3.82. The van der Waals surface area contributed by atoms with Crippen LogP contribution in [0.4, 0.5) is 0 Å². The SMILES string of the molecule is CC1CCC(N(C)C(=O)C(C(N)=S)c2ccccc2)CC1. The van der Waals surface area contributed by atoms with Crippen LogP contribution in [0.15, 0.2) is 30.3 Å². The molecule has 1 aliphatic carbocycles. The van der Waals surface area contributed by atoms with Gasteiger partial charge in [-0.15, -0.1) is 0 Å². The predicted molar refractivity (Wildman–Crippen MR) is 90.2 cm³/mol. The molecule has 0 aliphatic heterocycles. The van der Waals surface area contributed by atoms with Gasteiger partial charge in [0, 0.05) is 13.1 Å². The Hall–Kier alpha value is -1.42. The number of benzene rings is 1. The third-order valence-electron chi connectivity index (χ3n) is 4.55. The number of rotatable bonds is 4. The monoisotopic (exact) mass is 304 g/mol. The van der Waals surface area contributed by atoms with Crippen molar-refractivity contribution in [3.05, 3.63) is 35.9 Å². The molecule has 0 bridgehead atoms. The average Bonchev–Trinajstić information content (AvgIpc) is 2.48. The van der Waals surface area contributed by atoms with Gasteiger partial charge in [0.15, 0.2) is 0 Å². The van der Waals surface area contributed by atoms with Gasteiger partial charge in [0.1, 0.15) is 5.92 Å². The largest absolute Gasteiger partial charge is 0.392 e. The van der Waals surface area contributed by atoms with Crippen molar-refractivity contribution in [3.63, 3.8) is 0 Å². The molecule has 0 radical (unpaired) electrons. The fourth-order valence-electron chi connectivity index (χ4n) is 3.09. The maximum Gasteiger partial charge on any atom is 0.236 e. The molecule has 1 fully saturated rings. The number of thiocarbonyl (C=S) groups is 1. The van der Waals surface area contributed by atoms with Crippen LogP contribution >= 0.6 is 12.2 Å². The summed E-state index contributed by atoms with van der Waals surface area (Å²) in [6.45, 7) is 2.28. The minimum absolute atomic E-state index is 0.0215. The molecule has 1 aliphatic rings. The average molecular weight is 304 g/mol. The van der Waals surface area contributed by atoms with E-state index in [1.807, 2.05) is 42.3 Å². The highest BCUT2D eigenvalue weighted by Gasteiger charge is 2.31. The first-order valence-corrected chi connectivity index (χ1v) is 8.02. The number of hydrogen-bond donors (Lipinski definition) is 1. The Bertz CT molecular complexity index is 495. The first-order chi connectivity index (χ1) is 10.0. The lowest BCUT2D eigenvalue weighted by Gasteiger charge is -2.35. The topological polar surface area (TPSA) is 46.3 Å². The van der Waals surface area contributed by atoms with Gasteiger partial charge in [-0.2, -0.15) is 0 Å². The van der Waals surface area contributed by atoms with E-state index in [-0.39, 0.29) is 10.9 Å². The quantitative estimate of drug-likeness (QED) is 0.870. The maximum atomic E-state index is 12.8. The number of amides is 1. The van der Waals surface area contributed by atoms with E-state index in [9.17, 15) is 4.79 Å². The van der Waals surface area contributed by atoms with Gasteiger partial charge in [-0.1, -0.05) is 49.5 Å². The molecule has 1 aromatic carbocycles. The summed E-state index contributed by atoms with van der Waals surface area (Å²) >= 11 is 5.14. The predicted octanol–water partition coefficient (Wildman–Crippen LogP) is 3.09. The minimum Gasteiger partial charge on any atom is -0.392 e. The molecule has 0 saturated heterocycles. The van der Waals surface area contributed by atoms with E-state index in [1.54, 1.807) is 0 Å². The van der Waals surface area contributed by atoms with Gasteiger partial charge in [-0.25, -0.2) is 0 Å². The van der Waals surface area contributed by atoms with E-state index in [2.05, 4.69) is 6.92 Å². The Morgan fingerprint density at radius 1 is 1.24 bits per heavy atom. The first-order valence-electron chi connectivity index (χ1n) is 7.61. The summed E-state index contributed by atoms with van der Waals surface area (Å²) in [5, 5.41) is 0. The van der Waals surface area contributed by atoms with Crippen molar-refractivity contribution in [1.82, 2.24) is 4.90 Å². The van der Waals surface area contributed by atoms with E-state index >= 15 is 0 Å². The van der Waals surface area contributed by atoms with E-state index in [1.165, 1.54) is 12.8 Å². The summed E-state index contributed by atoms with van der Waals surface area (Å²) in [6.07, 6.45) is 4.52. The van der Waals surface area contributed by atoms with Crippen LogP contribution < -0.4 is 5.73 Å². The molecule has 4 heteroatoms. The highest BCUT2D eigenvalue weighted by molar-refractivity contribution is 7.80. The molecule has 0 spiro atoms. The number of hydrogen-bond acceptors (Lipinski definition) is 2. The van der Waals surface area contributed by atoms with Crippen LogP contribution in [0.1, 0.15) is 44.1 Å². The van der Waals surface area contributed by atoms with Crippen molar-refractivity contribution in [2.75, 3.05) is 7.05 Å². The molecular formula is C17H24N2OS. The number of nitrogens with two attached hydrogens (primary N) is 1. The van der Waals surface area contributed by atoms with Gasteiger partial charge < -0.3 is 10.6 Å². The fourth-order valence-corrected chi connectivity index (χ4v) is 3.32. The van der Waals surface area contributed by atoms with Gasteiger partial charge in [0.25, 0.3) is 0 Å². The minimum atomic E-state index is -0.509. The molecule has 1 aromatic rings. The van der Waals surface area contributed by atoms with Crippen molar-refractivity contribution in [2.24, 2.45) is 11.7 Å². The Labute approximate surface area is 132 Å². The van der Waals surface area contributed by atoms with E-state index in [0.29, 0.717) is 6.04 Å². The molecule has 1 saturated carbocycles. The molecule has 1 atom stereocenters. The molecule has 2 N–H and O–H groups in total. The molecule has 2 rings (SSSR count). The van der Waals surface area contributed by atoms with Gasteiger partial charge >= 0.3 is 0 Å². The zero-order valence-electron chi connectivity index (χ0n) is 12.8. The van der Waals surface area contributed by atoms with Crippen LogP contribution in [0.25, 0.3) is 0 Å². The van der Waals surface area contributed by atoms with Crippen molar-refractivity contribution in [1.29, 1.82) is 0 Å². The first kappa shape index (κ1) is 16.0. The van der Waals surface area contributed by atoms with Crippen LogP contribution in [-0.2, 0) is 4.79 Å². The van der Waals surface area contributed by atoms with Crippen molar-refractivity contribution in [2.45, 2.75) is 44.6 Å². The maximum absolute atomic E-state index is 12.8. The lowest BCUT2D eigenvalue weighted by atomic mass is 9.86. The van der Waals surface area contributed by atoms with E-state index < -0.39 is 5.92 Å². The third-order valence-corrected chi connectivity index (χ3v) is 4.78. The molecular weight excluding hydrogens is 280 g/mol. The molecule has 1 unspecified atom stereocenters. The highest BCUT2D eigenvalue weighted by atomic mass is 32.1. The van der Waals surface area contributed by atoms with Crippen LogP contribution in [0, 0.1) is 5.92 Å². The molecule has 3 nitrogen and oxygen atoms in total. The number of carbonyl (C=O) groups excluding carboxylic acids is 1. The van der Waals surface area contributed by atoms with Gasteiger partial charge in [0.05, 0.1) is 4.99 Å². The molecule has 21 heavy (non-hydrogen) atoms. The second-order valence-electron chi connectivity index (χ2n) is 6.11. The molecule has 114 valence electrons. The normalized spacial score (nSPS) is 23.3. The summed E-state index contributed by atoms with van der Waals surface area (Å²) in [5.74, 6) is 0.282. The Morgan fingerprint density at radius 3 is 2.33 bits per heavy atom. The fraction of sp³-hybridized carbons (Fsp3) is 0.529. The van der Waals surface area contributed by atoms with Gasteiger partial charge in [-0.05, 0) is 37.2 Å². The molecule has 0 aromatic heterocycles. The van der Waals surface area contributed by atoms with E-state index in [0.717, 1.165) is 24.3 Å². The molecule has 1 amide bonds. The van der Waals surface area contributed by atoms with Crippen LogP contribution in [0.5, 0.6) is 0 Å². The number of likely N-dealkylation sites (N-methyl/N-ethyl adjacent to an activating group) is 1. The zero-order chi connectivity index (χ0) is 15.4. The van der Waals surface area contributed by atoms with Crippen molar-refractivity contribution >= 4 is 23.1 Å². The van der Waals surface area contributed by atoms with Crippen LogP contribution in [0.2, 0.25) is 0 Å². The van der Waals surface area contributed by atoms with Crippen LogP contribution in [0.3, 0.4) is 0 Å². The lowest BCUT2D eigenvalue weighted by molar-refractivity contribution is -0.132. The number of carbonyl (C=O) groups is 1. The lowest BCUT2D eigenvalue weighted by Crippen LogP contribution is -2.44. The van der Waals surface area contributed by atoms with Gasteiger partial charge in [-0.3, -0.25) is 4.79 Å². The highest BCUT2D eigenvalue weighted by Crippen LogP contribution is 2.28. The summed E-state index contributed by atoms with van der Waals surface area (Å²) in [5.41, 5.74) is 6.72. The second kappa shape index (κ2) is 7.03. The van der Waals surface area contributed by atoms with Crippen LogP contribution in [-0.4, -0.2) is 28.9 Å². The smallest absolute Gasteiger partial charge is 0.236 e. The summed E-state index contributed by atoms with van der Waals surface area (Å²) in [7, 11) is 1.89. The standard InChI is InChI=1S/C17H24N2OS/c1-12-8-10-14(11-9-12)19(2)17(20)15(16(18)21)13-6-4-3-5-7-13/h3-7,12,14-15H,8-11H2,1-2H3,(H2,18,21). The zero-order valence-corrected chi connectivity index (χ0v) is 13.6.